The van der Waals surface area contributed by atoms with E-state index in [2.05, 4.69) is 9.15 Å². The quantitative estimate of drug-likeness (QED) is 0.802. The van der Waals surface area contributed by atoms with Gasteiger partial charge in [-0.3, -0.25) is 0 Å². The highest BCUT2D eigenvalue weighted by atomic mass is 35.5. The Hall–Kier alpha value is -1.05. The number of carbonyl (C=O) groups excluding carboxylic acids is 1. The zero-order chi connectivity index (χ0) is 11.6. The van der Waals surface area contributed by atoms with Crippen molar-refractivity contribution in [3.8, 4) is 0 Å². The van der Waals surface area contributed by atoms with Crippen LogP contribution in [0.4, 0.5) is 0 Å². The first-order chi connectivity index (χ1) is 6.88. The van der Waals surface area contributed by atoms with E-state index in [-0.39, 0.29) is 12.2 Å². The van der Waals surface area contributed by atoms with Crippen LogP contribution in [0.15, 0.2) is 15.6 Å². The minimum Gasteiger partial charge on any atom is -0.462 e. The normalized spacial score (nSPS) is 11.4. The molecule has 0 amide bonds. The average Bonchev–Trinajstić information content (AvgIpc) is 2.46. The molecule has 2 N–H and O–H groups in total. The number of rotatable bonds is 3. The van der Waals surface area contributed by atoms with Gasteiger partial charge in [0.15, 0.2) is 4.90 Å². The van der Waals surface area contributed by atoms with Gasteiger partial charge in [-0.1, -0.05) is 0 Å². The lowest BCUT2D eigenvalue weighted by atomic mass is 10.3. The molecule has 0 saturated heterocycles. The topological polar surface area (TPSA) is 99.6 Å². The van der Waals surface area contributed by atoms with Crippen molar-refractivity contribution < 1.29 is 22.4 Å². The Labute approximate surface area is 91.0 Å². The lowest BCUT2D eigenvalue weighted by Gasteiger charge is -2.00. The summed E-state index contributed by atoms with van der Waals surface area (Å²) < 4.78 is 31.3. The first-order valence-electron chi connectivity index (χ1n) is 3.84. The third-order valence-corrected chi connectivity index (χ3v) is 2.85. The summed E-state index contributed by atoms with van der Waals surface area (Å²) in [4.78, 5) is 10.7. The van der Waals surface area contributed by atoms with E-state index in [1.54, 1.807) is 6.92 Å². The predicted octanol–water partition coefficient (Wildman–Crippen LogP) is 0.757. The summed E-state index contributed by atoms with van der Waals surface area (Å²) in [6, 6.07) is 0. The Morgan fingerprint density at radius 3 is 2.73 bits per heavy atom. The SMILES string of the molecule is CCOC(=O)c1coc(Cl)c1S(N)(=O)=O. The summed E-state index contributed by atoms with van der Waals surface area (Å²) >= 11 is 5.44. The summed E-state index contributed by atoms with van der Waals surface area (Å²) in [5, 5.41) is 4.40. The Bertz CT molecular complexity index is 478. The number of esters is 1. The van der Waals surface area contributed by atoms with Crippen LogP contribution in [0.5, 0.6) is 0 Å². The fraction of sp³-hybridized carbons (Fsp3) is 0.286. The van der Waals surface area contributed by atoms with Gasteiger partial charge in [-0.2, -0.15) is 0 Å². The van der Waals surface area contributed by atoms with Gasteiger partial charge in [-0.05, 0) is 18.5 Å². The van der Waals surface area contributed by atoms with E-state index < -0.39 is 26.1 Å². The monoisotopic (exact) mass is 253 g/mol. The number of furan rings is 1. The first kappa shape index (κ1) is 12.0. The van der Waals surface area contributed by atoms with E-state index in [1.165, 1.54) is 0 Å². The minimum atomic E-state index is -4.11. The predicted molar refractivity (Wildman–Crippen MR) is 51.0 cm³/mol. The van der Waals surface area contributed by atoms with Crippen molar-refractivity contribution in [2.75, 3.05) is 6.61 Å². The molecule has 0 aliphatic carbocycles. The summed E-state index contributed by atoms with van der Waals surface area (Å²) in [6.45, 7) is 1.68. The molecule has 0 aliphatic heterocycles. The number of ether oxygens (including phenoxy) is 1. The van der Waals surface area contributed by atoms with Crippen LogP contribution in [0.1, 0.15) is 17.3 Å². The number of hydrogen-bond donors (Lipinski definition) is 1. The van der Waals surface area contributed by atoms with Gasteiger partial charge in [0.05, 0.1) is 6.61 Å². The molecular weight excluding hydrogens is 246 g/mol. The highest BCUT2D eigenvalue weighted by molar-refractivity contribution is 7.89. The Kier molecular flexibility index (Phi) is 3.38. The molecule has 0 fully saturated rings. The van der Waals surface area contributed by atoms with Gasteiger partial charge in [0.25, 0.3) is 0 Å². The fourth-order valence-corrected chi connectivity index (χ4v) is 2.12. The lowest BCUT2D eigenvalue weighted by molar-refractivity contribution is 0.0521. The Morgan fingerprint density at radius 2 is 2.27 bits per heavy atom. The van der Waals surface area contributed by atoms with E-state index in [0.717, 1.165) is 6.26 Å². The van der Waals surface area contributed by atoms with Gasteiger partial charge in [0.2, 0.25) is 15.2 Å². The smallest absolute Gasteiger partial charge is 0.342 e. The van der Waals surface area contributed by atoms with Crippen molar-refractivity contribution in [1.29, 1.82) is 0 Å². The molecule has 1 aromatic rings. The molecule has 1 rings (SSSR count). The van der Waals surface area contributed by atoms with Gasteiger partial charge in [0, 0.05) is 0 Å². The van der Waals surface area contributed by atoms with Crippen LogP contribution in [0, 0.1) is 0 Å². The van der Waals surface area contributed by atoms with E-state index >= 15 is 0 Å². The third-order valence-electron chi connectivity index (χ3n) is 1.48. The number of sulfonamides is 1. The van der Waals surface area contributed by atoms with E-state index in [4.69, 9.17) is 16.7 Å². The van der Waals surface area contributed by atoms with Gasteiger partial charge < -0.3 is 9.15 Å². The molecule has 1 aromatic heterocycles. The molecule has 0 atom stereocenters. The summed E-state index contributed by atoms with van der Waals surface area (Å²) in [5.74, 6) is -0.850. The number of nitrogens with two attached hydrogens (primary N) is 1. The van der Waals surface area contributed by atoms with E-state index in [0.29, 0.717) is 0 Å². The van der Waals surface area contributed by atoms with Crippen LogP contribution >= 0.6 is 11.6 Å². The standard InChI is InChI=1S/C7H8ClNO5S/c1-2-13-7(10)4-3-14-6(8)5(4)15(9,11)12/h3H,2H2,1H3,(H2,9,11,12). The Balaban J connectivity index is 3.27. The van der Waals surface area contributed by atoms with Crippen LogP contribution in [0.2, 0.25) is 5.22 Å². The fourth-order valence-electron chi connectivity index (χ4n) is 0.938. The van der Waals surface area contributed by atoms with E-state index in [9.17, 15) is 13.2 Å². The van der Waals surface area contributed by atoms with Crippen LogP contribution in [0.3, 0.4) is 0 Å². The maximum Gasteiger partial charge on any atom is 0.342 e. The largest absolute Gasteiger partial charge is 0.462 e. The summed E-state index contributed by atoms with van der Waals surface area (Å²) in [6.07, 6.45) is 0.889. The van der Waals surface area contributed by atoms with Crippen LogP contribution in [0.25, 0.3) is 0 Å². The second-order valence-electron chi connectivity index (χ2n) is 2.52. The highest BCUT2D eigenvalue weighted by Gasteiger charge is 2.27. The zero-order valence-corrected chi connectivity index (χ0v) is 9.26. The maximum atomic E-state index is 11.3. The molecular formula is C7H8ClNO5S. The number of hydrogen-bond acceptors (Lipinski definition) is 5. The highest BCUT2D eigenvalue weighted by Crippen LogP contribution is 2.26. The molecule has 0 spiro atoms. The molecule has 84 valence electrons. The van der Waals surface area contributed by atoms with Crippen molar-refractivity contribution in [1.82, 2.24) is 0 Å². The summed E-state index contributed by atoms with van der Waals surface area (Å²) in [7, 11) is -4.11. The molecule has 6 nitrogen and oxygen atoms in total. The van der Waals surface area contributed by atoms with Crippen molar-refractivity contribution in [3.05, 3.63) is 17.0 Å². The molecule has 0 aliphatic rings. The molecule has 8 heteroatoms. The Morgan fingerprint density at radius 1 is 1.67 bits per heavy atom. The van der Waals surface area contributed by atoms with Crippen LogP contribution in [-0.2, 0) is 14.8 Å². The van der Waals surface area contributed by atoms with Gasteiger partial charge in [-0.25, -0.2) is 18.4 Å². The summed E-state index contributed by atoms with van der Waals surface area (Å²) in [5.41, 5.74) is -0.302. The number of primary sulfonamides is 1. The minimum absolute atomic E-state index is 0.103. The van der Waals surface area contributed by atoms with Crippen molar-refractivity contribution >= 4 is 27.6 Å². The maximum absolute atomic E-state index is 11.3. The molecule has 0 bridgehead atoms. The molecule has 1 heterocycles. The van der Waals surface area contributed by atoms with Gasteiger partial charge >= 0.3 is 5.97 Å². The van der Waals surface area contributed by atoms with Crippen LogP contribution < -0.4 is 5.14 Å². The van der Waals surface area contributed by atoms with Crippen molar-refractivity contribution in [3.63, 3.8) is 0 Å². The van der Waals surface area contributed by atoms with Crippen molar-refractivity contribution in [2.45, 2.75) is 11.8 Å². The molecule has 0 radical (unpaired) electrons. The number of halogens is 1. The second-order valence-corrected chi connectivity index (χ2v) is 4.36. The number of carbonyl (C=O) groups is 1. The third kappa shape index (κ3) is 2.49. The lowest BCUT2D eigenvalue weighted by Crippen LogP contribution is -2.16. The average molecular weight is 254 g/mol. The molecule has 0 saturated carbocycles. The van der Waals surface area contributed by atoms with Crippen LogP contribution in [-0.4, -0.2) is 21.0 Å². The van der Waals surface area contributed by atoms with E-state index in [1.807, 2.05) is 0 Å². The van der Waals surface area contributed by atoms with Crippen molar-refractivity contribution in [2.24, 2.45) is 5.14 Å². The van der Waals surface area contributed by atoms with Gasteiger partial charge in [-0.15, -0.1) is 0 Å². The molecule has 0 aromatic carbocycles. The second kappa shape index (κ2) is 4.21. The zero-order valence-electron chi connectivity index (χ0n) is 7.69. The first-order valence-corrected chi connectivity index (χ1v) is 5.77. The molecule has 15 heavy (non-hydrogen) atoms. The molecule has 0 unspecified atom stereocenters. The van der Waals surface area contributed by atoms with Gasteiger partial charge in [0.1, 0.15) is 11.8 Å².